The van der Waals surface area contributed by atoms with Crippen LogP contribution in [0, 0.1) is 11.8 Å². The molecule has 2 amide bonds. The fourth-order valence-corrected chi connectivity index (χ4v) is 4.56. The van der Waals surface area contributed by atoms with Gasteiger partial charge in [0, 0.05) is 31.7 Å². The summed E-state index contributed by atoms with van der Waals surface area (Å²) in [6.07, 6.45) is 0.522. The van der Waals surface area contributed by atoms with Gasteiger partial charge in [-0.05, 0) is 43.7 Å². The van der Waals surface area contributed by atoms with E-state index in [9.17, 15) is 19.8 Å². The minimum atomic E-state index is -0.993. The normalized spacial score (nSPS) is 24.1. The van der Waals surface area contributed by atoms with Gasteiger partial charge < -0.3 is 25.1 Å². The lowest BCUT2D eigenvalue weighted by atomic mass is 9.89. The molecule has 0 unspecified atom stereocenters. The fraction of sp³-hybridized carbons (Fsp3) is 0.579. The maximum absolute atomic E-state index is 12.8. The summed E-state index contributed by atoms with van der Waals surface area (Å²) in [6.45, 7) is 1.67. The molecule has 28 heavy (non-hydrogen) atoms. The van der Waals surface area contributed by atoms with Crippen molar-refractivity contribution < 1.29 is 24.9 Å². The quantitative estimate of drug-likeness (QED) is 0.682. The van der Waals surface area contributed by atoms with E-state index in [1.165, 1.54) is 17.0 Å². The van der Waals surface area contributed by atoms with Gasteiger partial charge in [0.1, 0.15) is 5.75 Å². The van der Waals surface area contributed by atoms with Crippen LogP contribution in [0.1, 0.15) is 37.4 Å². The average Bonchev–Trinajstić information content (AvgIpc) is 3.03. The van der Waals surface area contributed by atoms with E-state index >= 15 is 0 Å². The highest BCUT2D eigenvalue weighted by Gasteiger charge is 2.35. The zero-order chi connectivity index (χ0) is 20.4. The second kappa shape index (κ2) is 8.76. The molecule has 2 fully saturated rings. The topological polar surface area (TPSA) is 101 Å². The van der Waals surface area contributed by atoms with E-state index in [-0.39, 0.29) is 45.6 Å². The minimum absolute atomic E-state index is 0.0254. The molecular formula is C19H24Cl2N2O5. The average molecular weight is 431 g/mol. The third kappa shape index (κ3) is 4.31. The summed E-state index contributed by atoms with van der Waals surface area (Å²) >= 11 is 12.2. The van der Waals surface area contributed by atoms with Crippen molar-refractivity contribution in [2.75, 3.05) is 26.2 Å². The number of carbonyl (C=O) groups is 2. The number of benzene rings is 1. The van der Waals surface area contributed by atoms with Crippen molar-refractivity contribution in [3.05, 3.63) is 27.7 Å². The van der Waals surface area contributed by atoms with Crippen molar-refractivity contribution in [2.45, 2.75) is 31.8 Å². The second-order valence-electron chi connectivity index (χ2n) is 7.47. The number of hydrogen-bond acceptors (Lipinski definition) is 4. The number of aliphatic hydroxyl groups is 1. The molecule has 0 aromatic heterocycles. The lowest BCUT2D eigenvalue weighted by Gasteiger charge is -2.25. The van der Waals surface area contributed by atoms with Crippen LogP contribution in [0.25, 0.3) is 0 Å². The molecule has 1 aromatic carbocycles. The van der Waals surface area contributed by atoms with Gasteiger partial charge in [-0.25, -0.2) is 4.79 Å². The number of carboxylic acid groups (broad SMARTS) is 1. The van der Waals surface area contributed by atoms with E-state index < -0.39 is 12.2 Å². The maximum atomic E-state index is 12.8. The van der Waals surface area contributed by atoms with Crippen LogP contribution in [0.3, 0.4) is 0 Å². The van der Waals surface area contributed by atoms with Crippen molar-refractivity contribution in [1.82, 2.24) is 9.80 Å². The SMILES string of the molecule is O=C(O)N1CC[C@H](C(=O)N2CCC[C@H]([C@@H](O)c3c(O)ccc(Cl)c3Cl)CC2)C1. The molecule has 2 heterocycles. The van der Waals surface area contributed by atoms with Crippen LogP contribution >= 0.6 is 23.2 Å². The van der Waals surface area contributed by atoms with Gasteiger partial charge in [0.05, 0.1) is 22.1 Å². The summed E-state index contributed by atoms with van der Waals surface area (Å²) in [4.78, 5) is 26.9. The zero-order valence-electron chi connectivity index (χ0n) is 15.4. The molecule has 154 valence electrons. The summed E-state index contributed by atoms with van der Waals surface area (Å²) in [7, 11) is 0. The lowest BCUT2D eigenvalue weighted by molar-refractivity contribution is -0.135. The first kappa shape index (κ1) is 21.0. The van der Waals surface area contributed by atoms with E-state index in [4.69, 9.17) is 28.3 Å². The molecule has 0 radical (unpaired) electrons. The van der Waals surface area contributed by atoms with Crippen LogP contribution in [0.4, 0.5) is 4.79 Å². The largest absolute Gasteiger partial charge is 0.508 e. The number of nitrogens with zero attached hydrogens (tertiary/aromatic N) is 2. The van der Waals surface area contributed by atoms with E-state index in [1.807, 2.05) is 0 Å². The summed E-state index contributed by atoms with van der Waals surface area (Å²) in [5.74, 6) is -0.593. The highest BCUT2D eigenvalue weighted by molar-refractivity contribution is 6.42. The Balaban J connectivity index is 1.65. The number of likely N-dealkylation sites (tertiary alicyclic amines) is 2. The summed E-state index contributed by atoms with van der Waals surface area (Å²) in [6, 6.07) is 2.89. The predicted octanol–water partition coefficient (Wildman–Crippen LogP) is 3.36. The molecule has 3 N–H and O–H groups in total. The highest BCUT2D eigenvalue weighted by atomic mass is 35.5. The van der Waals surface area contributed by atoms with Crippen molar-refractivity contribution in [3.63, 3.8) is 0 Å². The molecular weight excluding hydrogens is 407 g/mol. The third-order valence-corrected chi connectivity index (χ3v) is 6.56. The summed E-state index contributed by atoms with van der Waals surface area (Å²) < 4.78 is 0. The molecule has 3 rings (SSSR count). The first-order valence-electron chi connectivity index (χ1n) is 9.41. The Morgan fingerprint density at radius 2 is 1.79 bits per heavy atom. The van der Waals surface area contributed by atoms with Crippen LogP contribution < -0.4 is 0 Å². The van der Waals surface area contributed by atoms with Crippen LogP contribution in [0.5, 0.6) is 5.75 Å². The smallest absolute Gasteiger partial charge is 0.407 e. The molecule has 3 atom stereocenters. The van der Waals surface area contributed by atoms with Crippen LogP contribution in [0.15, 0.2) is 12.1 Å². The third-order valence-electron chi connectivity index (χ3n) is 5.74. The molecule has 7 nitrogen and oxygen atoms in total. The van der Waals surface area contributed by atoms with E-state index in [1.54, 1.807) is 4.90 Å². The fourth-order valence-electron chi connectivity index (χ4n) is 4.13. The molecule has 0 bridgehead atoms. The number of phenolic OH excluding ortho intramolecular Hbond substituents is 1. The minimum Gasteiger partial charge on any atom is -0.508 e. The Morgan fingerprint density at radius 3 is 2.46 bits per heavy atom. The Hall–Kier alpha value is -1.70. The monoisotopic (exact) mass is 430 g/mol. The predicted molar refractivity (Wildman–Crippen MR) is 105 cm³/mol. The number of amides is 2. The van der Waals surface area contributed by atoms with Gasteiger partial charge >= 0.3 is 6.09 Å². The van der Waals surface area contributed by atoms with Gasteiger partial charge in [0.15, 0.2) is 0 Å². The molecule has 2 saturated heterocycles. The van der Waals surface area contributed by atoms with Crippen molar-refractivity contribution in [1.29, 1.82) is 0 Å². The number of aromatic hydroxyl groups is 1. The number of hydrogen-bond donors (Lipinski definition) is 3. The second-order valence-corrected chi connectivity index (χ2v) is 8.25. The van der Waals surface area contributed by atoms with E-state index in [2.05, 4.69) is 0 Å². The molecule has 0 spiro atoms. The van der Waals surface area contributed by atoms with Crippen LogP contribution in [-0.2, 0) is 4.79 Å². The number of aliphatic hydroxyl groups excluding tert-OH is 1. The van der Waals surface area contributed by atoms with Gasteiger partial charge in [-0.2, -0.15) is 0 Å². The number of phenols is 1. The summed E-state index contributed by atoms with van der Waals surface area (Å²) in [5, 5.41) is 30.4. The Morgan fingerprint density at radius 1 is 1.07 bits per heavy atom. The number of rotatable bonds is 3. The Bertz CT molecular complexity index is 760. The Kier molecular flexibility index (Phi) is 6.58. The molecule has 9 heteroatoms. The van der Waals surface area contributed by atoms with Crippen molar-refractivity contribution >= 4 is 35.2 Å². The summed E-state index contributed by atoms with van der Waals surface area (Å²) in [5.41, 5.74) is 0.229. The van der Waals surface area contributed by atoms with Gasteiger partial charge in [-0.3, -0.25) is 4.79 Å². The van der Waals surface area contributed by atoms with Crippen molar-refractivity contribution in [3.8, 4) is 5.75 Å². The standard InChI is InChI=1S/C19H24Cl2N2O5/c20-13-3-4-14(24)15(16(13)21)17(25)11-2-1-7-22(8-5-11)18(26)12-6-9-23(10-12)19(27)28/h3-4,11-12,17,24-25H,1-2,5-10H2,(H,27,28)/t11-,12-,17+/m0/s1. The molecule has 0 aliphatic carbocycles. The first-order chi connectivity index (χ1) is 13.3. The zero-order valence-corrected chi connectivity index (χ0v) is 16.9. The van der Waals surface area contributed by atoms with E-state index in [0.29, 0.717) is 45.3 Å². The maximum Gasteiger partial charge on any atom is 0.407 e. The van der Waals surface area contributed by atoms with Gasteiger partial charge in [0.25, 0.3) is 0 Å². The van der Waals surface area contributed by atoms with E-state index in [0.717, 1.165) is 0 Å². The van der Waals surface area contributed by atoms with Gasteiger partial charge in [-0.1, -0.05) is 23.2 Å². The van der Waals surface area contributed by atoms with Crippen LogP contribution in [-0.4, -0.2) is 63.3 Å². The molecule has 2 aliphatic rings. The number of halogens is 2. The van der Waals surface area contributed by atoms with Gasteiger partial charge in [-0.15, -0.1) is 0 Å². The first-order valence-corrected chi connectivity index (χ1v) is 10.2. The number of carbonyl (C=O) groups excluding carboxylic acids is 1. The molecule has 0 saturated carbocycles. The van der Waals surface area contributed by atoms with Crippen LogP contribution in [0.2, 0.25) is 10.0 Å². The van der Waals surface area contributed by atoms with Gasteiger partial charge in [0.2, 0.25) is 5.91 Å². The Labute approximate surface area is 173 Å². The highest BCUT2D eigenvalue weighted by Crippen LogP contribution is 2.42. The molecule has 2 aliphatic heterocycles. The molecule has 1 aromatic rings. The lowest BCUT2D eigenvalue weighted by Crippen LogP contribution is -2.38. The van der Waals surface area contributed by atoms with Crippen molar-refractivity contribution in [2.24, 2.45) is 11.8 Å².